The van der Waals surface area contributed by atoms with E-state index in [1.54, 1.807) is 4.68 Å². The number of rotatable bonds is 4. The van der Waals surface area contributed by atoms with Gasteiger partial charge in [0, 0.05) is 18.7 Å². The normalized spacial score (nSPS) is 20.9. The van der Waals surface area contributed by atoms with Gasteiger partial charge in [-0.15, -0.1) is 0 Å². The van der Waals surface area contributed by atoms with Crippen LogP contribution in [0, 0.1) is 12.8 Å². The second-order valence-electron chi connectivity index (χ2n) is 5.04. The summed E-state index contributed by atoms with van der Waals surface area (Å²) < 4.78 is 6.79. The molecule has 2 aromatic rings. The van der Waals surface area contributed by atoms with Gasteiger partial charge >= 0.3 is 5.97 Å². The molecule has 0 aromatic carbocycles. The third-order valence-electron chi connectivity index (χ3n) is 3.58. The fourth-order valence-corrected chi connectivity index (χ4v) is 2.23. The molecule has 2 heterocycles. The number of hydrogen-bond donors (Lipinski definition) is 1. The fourth-order valence-electron chi connectivity index (χ4n) is 2.23. The highest BCUT2D eigenvalue weighted by Crippen LogP contribution is 2.46. The first-order chi connectivity index (χ1) is 9.60. The lowest BCUT2D eigenvalue weighted by Crippen LogP contribution is -2.07. The minimum atomic E-state index is -0.149. The predicted octanol–water partition coefficient (Wildman–Crippen LogP) is 1.18. The molecule has 2 aromatic heterocycles. The van der Waals surface area contributed by atoms with Crippen LogP contribution < -0.4 is 0 Å². The summed E-state index contributed by atoms with van der Waals surface area (Å²) in [6, 6.07) is 1.93. The summed E-state index contributed by atoms with van der Waals surface area (Å²) in [6.07, 6.45) is 0.773. The summed E-state index contributed by atoms with van der Waals surface area (Å²) in [5.74, 6) is 1.17. The molecule has 0 radical (unpaired) electrons. The monoisotopic (exact) mass is 275 g/mol. The molecular formula is C13H17N5O2. The predicted molar refractivity (Wildman–Crippen MR) is 70.8 cm³/mol. The van der Waals surface area contributed by atoms with Gasteiger partial charge in [-0.05, 0) is 26.3 Å². The maximum Gasteiger partial charge on any atom is 0.309 e. The first-order valence-corrected chi connectivity index (χ1v) is 6.70. The van der Waals surface area contributed by atoms with E-state index in [1.165, 1.54) is 0 Å². The quantitative estimate of drug-likeness (QED) is 0.847. The van der Waals surface area contributed by atoms with Crippen LogP contribution in [0.5, 0.6) is 0 Å². The molecule has 0 aliphatic heterocycles. The van der Waals surface area contributed by atoms with Crippen molar-refractivity contribution in [2.24, 2.45) is 13.0 Å². The summed E-state index contributed by atoms with van der Waals surface area (Å²) in [6.45, 7) is 4.20. The van der Waals surface area contributed by atoms with Crippen LogP contribution in [0.2, 0.25) is 0 Å². The molecule has 1 aliphatic carbocycles. The van der Waals surface area contributed by atoms with Crippen molar-refractivity contribution in [3.63, 3.8) is 0 Å². The molecule has 106 valence electrons. The zero-order chi connectivity index (χ0) is 14.3. The molecule has 3 rings (SSSR count). The van der Waals surface area contributed by atoms with Gasteiger partial charge < -0.3 is 4.74 Å². The van der Waals surface area contributed by atoms with Gasteiger partial charge in [-0.25, -0.2) is 4.98 Å². The Labute approximate surface area is 116 Å². The molecule has 2 atom stereocenters. The van der Waals surface area contributed by atoms with Crippen LogP contribution >= 0.6 is 0 Å². The fraction of sp³-hybridized carbons (Fsp3) is 0.538. The summed E-state index contributed by atoms with van der Waals surface area (Å²) in [7, 11) is 1.88. The van der Waals surface area contributed by atoms with E-state index in [4.69, 9.17) is 4.74 Å². The van der Waals surface area contributed by atoms with E-state index < -0.39 is 0 Å². The average Bonchev–Trinajstić information content (AvgIpc) is 2.94. The van der Waals surface area contributed by atoms with E-state index in [0.717, 1.165) is 23.6 Å². The highest BCUT2D eigenvalue weighted by Gasteiger charge is 2.47. The number of ether oxygens (including phenoxy) is 1. The van der Waals surface area contributed by atoms with Crippen molar-refractivity contribution >= 4 is 5.97 Å². The molecule has 7 nitrogen and oxygen atoms in total. The topological polar surface area (TPSA) is 85.7 Å². The third kappa shape index (κ3) is 2.19. The number of H-pyrrole nitrogens is 1. The van der Waals surface area contributed by atoms with Crippen LogP contribution in [0.1, 0.15) is 30.8 Å². The van der Waals surface area contributed by atoms with Crippen LogP contribution in [0.15, 0.2) is 6.07 Å². The highest BCUT2D eigenvalue weighted by atomic mass is 16.5. The SMILES string of the molecule is CCOC(=O)[C@@H]1C[C@H]1c1nc(-c2cc(C)n(C)n2)n[nH]1. The Balaban J connectivity index is 1.74. The number of hydrogen-bond acceptors (Lipinski definition) is 5. The van der Waals surface area contributed by atoms with Crippen molar-refractivity contribution in [3.8, 4) is 11.5 Å². The minimum absolute atomic E-state index is 0.0822. The summed E-state index contributed by atoms with van der Waals surface area (Å²) in [5.41, 5.74) is 1.78. The Morgan fingerprint density at radius 2 is 2.40 bits per heavy atom. The number of carbonyl (C=O) groups is 1. The molecule has 1 fully saturated rings. The number of aryl methyl sites for hydroxylation is 2. The molecule has 0 spiro atoms. The van der Waals surface area contributed by atoms with Crippen molar-refractivity contribution in [3.05, 3.63) is 17.6 Å². The molecule has 0 saturated heterocycles. The van der Waals surface area contributed by atoms with Crippen molar-refractivity contribution in [1.82, 2.24) is 25.0 Å². The highest BCUT2D eigenvalue weighted by molar-refractivity contribution is 5.77. The molecule has 1 N–H and O–H groups in total. The Hall–Kier alpha value is -2.18. The van der Waals surface area contributed by atoms with Crippen LogP contribution in [0.3, 0.4) is 0 Å². The van der Waals surface area contributed by atoms with E-state index in [2.05, 4.69) is 20.3 Å². The minimum Gasteiger partial charge on any atom is -0.466 e. The molecule has 0 unspecified atom stereocenters. The lowest BCUT2D eigenvalue weighted by atomic mass is 10.3. The summed E-state index contributed by atoms with van der Waals surface area (Å²) in [5, 5.41) is 11.4. The Kier molecular flexibility index (Phi) is 3.04. The Morgan fingerprint density at radius 1 is 1.60 bits per heavy atom. The van der Waals surface area contributed by atoms with Gasteiger partial charge in [0.2, 0.25) is 5.82 Å². The van der Waals surface area contributed by atoms with Gasteiger partial charge in [0.25, 0.3) is 0 Å². The van der Waals surface area contributed by atoms with Crippen molar-refractivity contribution in [2.45, 2.75) is 26.2 Å². The second-order valence-corrected chi connectivity index (χ2v) is 5.04. The average molecular weight is 275 g/mol. The van der Waals surface area contributed by atoms with Crippen molar-refractivity contribution in [2.75, 3.05) is 6.61 Å². The lowest BCUT2D eigenvalue weighted by Gasteiger charge is -1.98. The number of nitrogens with one attached hydrogen (secondary N) is 1. The molecule has 0 amide bonds. The lowest BCUT2D eigenvalue weighted by molar-refractivity contribution is -0.144. The van der Waals surface area contributed by atoms with Gasteiger partial charge in [-0.3, -0.25) is 14.6 Å². The molecule has 0 bridgehead atoms. The Morgan fingerprint density at radius 3 is 3.05 bits per heavy atom. The van der Waals surface area contributed by atoms with E-state index in [9.17, 15) is 4.79 Å². The van der Waals surface area contributed by atoms with E-state index in [-0.39, 0.29) is 17.8 Å². The van der Waals surface area contributed by atoms with E-state index in [0.29, 0.717) is 12.4 Å². The first kappa shape index (κ1) is 12.8. The maximum absolute atomic E-state index is 11.6. The summed E-state index contributed by atoms with van der Waals surface area (Å²) >= 11 is 0. The van der Waals surface area contributed by atoms with Crippen LogP contribution in [0.25, 0.3) is 11.5 Å². The third-order valence-corrected chi connectivity index (χ3v) is 3.58. The van der Waals surface area contributed by atoms with Gasteiger partial charge in [-0.2, -0.15) is 10.2 Å². The van der Waals surface area contributed by atoms with Crippen LogP contribution in [-0.2, 0) is 16.6 Å². The number of nitrogens with zero attached hydrogens (tertiary/aromatic N) is 4. The number of aromatic amines is 1. The molecule has 1 aliphatic rings. The maximum atomic E-state index is 11.6. The zero-order valence-electron chi connectivity index (χ0n) is 11.8. The second kappa shape index (κ2) is 4.73. The van der Waals surface area contributed by atoms with Gasteiger partial charge in [-0.1, -0.05) is 0 Å². The smallest absolute Gasteiger partial charge is 0.309 e. The number of carbonyl (C=O) groups excluding carboxylic acids is 1. The Bertz CT molecular complexity index is 625. The molecule has 20 heavy (non-hydrogen) atoms. The zero-order valence-corrected chi connectivity index (χ0v) is 11.8. The van der Waals surface area contributed by atoms with Crippen molar-refractivity contribution < 1.29 is 9.53 Å². The first-order valence-electron chi connectivity index (χ1n) is 6.70. The van der Waals surface area contributed by atoms with Gasteiger partial charge in [0.1, 0.15) is 11.5 Å². The standard InChI is InChI=1S/C13H17N5O2/c1-4-20-13(19)9-6-8(9)11-14-12(16-15-11)10-5-7(2)18(3)17-10/h5,8-9H,4,6H2,1-3H3,(H,14,15,16)/t8-,9-/m1/s1. The molecular weight excluding hydrogens is 258 g/mol. The van der Waals surface area contributed by atoms with E-state index in [1.807, 2.05) is 27.0 Å². The summed E-state index contributed by atoms with van der Waals surface area (Å²) in [4.78, 5) is 16.1. The largest absolute Gasteiger partial charge is 0.466 e. The number of aromatic nitrogens is 5. The van der Waals surface area contributed by atoms with Crippen LogP contribution in [0.4, 0.5) is 0 Å². The van der Waals surface area contributed by atoms with E-state index >= 15 is 0 Å². The number of esters is 1. The van der Waals surface area contributed by atoms with Gasteiger partial charge in [0.05, 0.1) is 12.5 Å². The molecule has 7 heteroatoms. The van der Waals surface area contributed by atoms with Gasteiger partial charge in [0.15, 0.2) is 0 Å². The van der Waals surface area contributed by atoms with Crippen LogP contribution in [-0.4, -0.2) is 37.5 Å². The molecule has 1 saturated carbocycles. The van der Waals surface area contributed by atoms with Crippen molar-refractivity contribution in [1.29, 1.82) is 0 Å².